The van der Waals surface area contributed by atoms with Crippen LogP contribution >= 0.6 is 23.2 Å². The SMILES string of the molecule is CN1CCN(C(=O)C2CCN(C(=O)c3ccc(S(=O)(=O)Nc4ccccc4Oc4ccc(Cl)cc4Cl)cc3)CC2)CC1. The van der Waals surface area contributed by atoms with Gasteiger partial charge in [0, 0.05) is 55.8 Å². The fourth-order valence-corrected chi connectivity index (χ4v) is 6.61. The quantitative estimate of drug-likeness (QED) is 0.385. The third kappa shape index (κ3) is 7.00. The zero-order valence-electron chi connectivity index (χ0n) is 23.1. The number of halogens is 2. The predicted molar refractivity (Wildman–Crippen MR) is 163 cm³/mol. The lowest BCUT2D eigenvalue weighted by Gasteiger charge is -2.37. The molecule has 0 aromatic heterocycles. The molecule has 12 heteroatoms. The number of nitrogens with one attached hydrogen (secondary N) is 1. The van der Waals surface area contributed by atoms with E-state index in [0.29, 0.717) is 42.3 Å². The molecule has 0 atom stereocenters. The molecule has 2 saturated heterocycles. The zero-order valence-corrected chi connectivity index (χ0v) is 25.5. The number of hydrogen-bond donors (Lipinski definition) is 1. The van der Waals surface area contributed by atoms with Gasteiger partial charge in [-0.3, -0.25) is 14.3 Å². The number of anilines is 1. The molecule has 0 unspecified atom stereocenters. The Labute approximate surface area is 256 Å². The lowest BCUT2D eigenvalue weighted by atomic mass is 9.94. The topological polar surface area (TPSA) is 99.3 Å². The molecule has 2 aliphatic rings. The highest BCUT2D eigenvalue weighted by Gasteiger charge is 2.31. The summed E-state index contributed by atoms with van der Waals surface area (Å²) in [5.74, 6) is 0.505. The number of nitrogens with zero attached hydrogens (tertiary/aromatic N) is 3. The first-order valence-corrected chi connectivity index (χ1v) is 16.0. The zero-order chi connectivity index (χ0) is 29.9. The van der Waals surface area contributed by atoms with E-state index in [9.17, 15) is 18.0 Å². The summed E-state index contributed by atoms with van der Waals surface area (Å²) in [6.07, 6.45) is 1.24. The maximum atomic E-state index is 13.2. The van der Waals surface area contributed by atoms with Crippen molar-refractivity contribution < 1.29 is 22.7 Å². The summed E-state index contributed by atoms with van der Waals surface area (Å²) in [6, 6.07) is 17.2. The van der Waals surface area contributed by atoms with Gasteiger partial charge in [0.2, 0.25) is 5.91 Å². The number of carbonyl (C=O) groups is 2. The van der Waals surface area contributed by atoms with Crippen LogP contribution in [0.4, 0.5) is 5.69 Å². The minimum atomic E-state index is -4.00. The van der Waals surface area contributed by atoms with Crippen molar-refractivity contribution in [2.75, 3.05) is 51.0 Å². The Morgan fingerprint density at radius 1 is 0.833 bits per heavy atom. The lowest BCUT2D eigenvalue weighted by Crippen LogP contribution is -2.51. The summed E-state index contributed by atoms with van der Waals surface area (Å²) in [4.78, 5) is 32.0. The number of piperidine rings is 1. The molecule has 2 amide bonds. The molecule has 222 valence electrons. The van der Waals surface area contributed by atoms with Crippen molar-refractivity contribution in [3.8, 4) is 11.5 Å². The van der Waals surface area contributed by atoms with Crippen LogP contribution in [-0.2, 0) is 14.8 Å². The van der Waals surface area contributed by atoms with Gasteiger partial charge in [-0.15, -0.1) is 0 Å². The van der Waals surface area contributed by atoms with Crippen LogP contribution in [0.5, 0.6) is 11.5 Å². The van der Waals surface area contributed by atoms with Gasteiger partial charge in [0.1, 0.15) is 5.75 Å². The number of ether oxygens (including phenoxy) is 1. The Bertz CT molecular complexity index is 1550. The molecule has 0 aliphatic carbocycles. The Morgan fingerprint density at radius 3 is 2.17 bits per heavy atom. The first kappa shape index (κ1) is 30.2. The summed E-state index contributed by atoms with van der Waals surface area (Å²) in [6.45, 7) is 4.21. The van der Waals surface area contributed by atoms with E-state index >= 15 is 0 Å². The molecular formula is C30H32Cl2N4O5S. The van der Waals surface area contributed by atoms with Crippen molar-refractivity contribution in [2.45, 2.75) is 17.7 Å². The van der Waals surface area contributed by atoms with E-state index in [1.54, 1.807) is 41.3 Å². The summed E-state index contributed by atoms with van der Waals surface area (Å²) in [5.41, 5.74) is 0.608. The molecule has 1 N–H and O–H groups in total. The van der Waals surface area contributed by atoms with Crippen molar-refractivity contribution in [1.82, 2.24) is 14.7 Å². The number of likely N-dealkylation sites (N-methyl/N-ethyl adjacent to an activating group) is 1. The van der Waals surface area contributed by atoms with Crippen LogP contribution in [0.25, 0.3) is 0 Å². The van der Waals surface area contributed by atoms with Gasteiger partial charge in [0.25, 0.3) is 15.9 Å². The van der Waals surface area contributed by atoms with E-state index in [1.807, 2.05) is 4.90 Å². The van der Waals surface area contributed by atoms with Crippen LogP contribution in [0.3, 0.4) is 0 Å². The highest BCUT2D eigenvalue weighted by atomic mass is 35.5. The number of likely N-dealkylation sites (tertiary alicyclic amines) is 1. The molecule has 2 heterocycles. The molecule has 5 rings (SSSR count). The van der Waals surface area contributed by atoms with Crippen molar-refractivity contribution in [3.63, 3.8) is 0 Å². The highest BCUT2D eigenvalue weighted by molar-refractivity contribution is 7.92. The minimum Gasteiger partial charge on any atom is -0.454 e. The molecule has 2 aliphatic heterocycles. The predicted octanol–water partition coefficient (Wildman–Crippen LogP) is 5.21. The standard InChI is InChI=1S/C30H32Cl2N4O5S/c1-34-16-18-36(19-17-34)30(38)22-12-14-35(15-13-22)29(37)21-6-9-24(10-7-21)42(39,40)33-26-4-2-3-5-28(26)41-27-11-8-23(31)20-25(27)32/h2-11,20,22,33H,12-19H2,1H3. The number of hydrogen-bond acceptors (Lipinski definition) is 6. The summed E-state index contributed by atoms with van der Waals surface area (Å²) >= 11 is 12.2. The number of benzene rings is 3. The van der Waals surface area contributed by atoms with Gasteiger partial charge >= 0.3 is 0 Å². The number of sulfonamides is 1. The van der Waals surface area contributed by atoms with E-state index in [4.69, 9.17) is 27.9 Å². The second-order valence-electron chi connectivity index (χ2n) is 10.5. The molecule has 0 spiro atoms. The molecule has 3 aromatic rings. The average Bonchev–Trinajstić information content (AvgIpc) is 2.99. The van der Waals surface area contributed by atoms with E-state index in [-0.39, 0.29) is 39.1 Å². The number of carbonyl (C=O) groups excluding carboxylic acids is 2. The summed E-state index contributed by atoms with van der Waals surface area (Å²) in [7, 11) is -1.94. The summed E-state index contributed by atoms with van der Waals surface area (Å²) in [5, 5.41) is 0.732. The van der Waals surface area contributed by atoms with Gasteiger partial charge in [0.05, 0.1) is 15.6 Å². The Morgan fingerprint density at radius 2 is 1.50 bits per heavy atom. The van der Waals surface area contributed by atoms with E-state index in [2.05, 4.69) is 16.7 Å². The summed E-state index contributed by atoms with van der Waals surface area (Å²) < 4.78 is 34.8. The smallest absolute Gasteiger partial charge is 0.262 e. The molecule has 2 fully saturated rings. The highest BCUT2D eigenvalue weighted by Crippen LogP contribution is 2.36. The van der Waals surface area contributed by atoms with Gasteiger partial charge in [-0.2, -0.15) is 0 Å². The number of piperazine rings is 1. The Balaban J connectivity index is 1.20. The molecular weight excluding hydrogens is 599 g/mol. The van der Waals surface area contributed by atoms with Crippen LogP contribution < -0.4 is 9.46 Å². The first-order chi connectivity index (χ1) is 20.1. The van der Waals surface area contributed by atoms with Crippen molar-refractivity contribution in [1.29, 1.82) is 0 Å². The van der Waals surface area contributed by atoms with E-state index in [1.165, 1.54) is 30.3 Å². The van der Waals surface area contributed by atoms with Crippen LogP contribution in [0, 0.1) is 5.92 Å². The molecule has 0 saturated carbocycles. The van der Waals surface area contributed by atoms with Crippen LogP contribution in [0.2, 0.25) is 10.0 Å². The monoisotopic (exact) mass is 630 g/mol. The van der Waals surface area contributed by atoms with Crippen LogP contribution in [0.1, 0.15) is 23.2 Å². The van der Waals surface area contributed by atoms with Crippen molar-refractivity contribution in [3.05, 3.63) is 82.3 Å². The minimum absolute atomic E-state index is 0.00476. The third-order valence-electron chi connectivity index (χ3n) is 7.60. The molecule has 0 bridgehead atoms. The number of amides is 2. The second kappa shape index (κ2) is 12.9. The largest absolute Gasteiger partial charge is 0.454 e. The van der Waals surface area contributed by atoms with Gasteiger partial charge in [-0.25, -0.2) is 8.42 Å². The van der Waals surface area contributed by atoms with Crippen LogP contribution in [-0.4, -0.2) is 81.2 Å². The number of rotatable bonds is 7. The molecule has 42 heavy (non-hydrogen) atoms. The van der Waals surface area contributed by atoms with Gasteiger partial charge in [-0.1, -0.05) is 35.3 Å². The Hall–Kier alpha value is -3.31. The average molecular weight is 632 g/mol. The molecule has 9 nitrogen and oxygen atoms in total. The second-order valence-corrected chi connectivity index (χ2v) is 13.0. The lowest BCUT2D eigenvalue weighted by molar-refractivity contribution is -0.138. The fraction of sp³-hybridized carbons (Fsp3) is 0.333. The molecule has 3 aromatic carbocycles. The number of para-hydroxylation sites is 2. The third-order valence-corrected chi connectivity index (χ3v) is 9.52. The van der Waals surface area contributed by atoms with Gasteiger partial charge < -0.3 is 19.4 Å². The fourth-order valence-electron chi connectivity index (χ4n) is 5.09. The Kier molecular flexibility index (Phi) is 9.27. The normalized spacial score (nSPS) is 16.7. The van der Waals surface area contributed by atoms with E-state index in [0.717, 1.165) is 26.2 Å². The van der Waals surface area contributed by atoms with E-state index < -0.39 is 10.0 Å². The van der Waals surface area contributed by atoms with Gasteiger partial charge in [-0.05, 0) is 74.5 Å². The van der Waals surface area contributed by atoms with Crippen LogP contribution in [0.15, 0.2) is 71.6 Å². The van der Waals surface area contributed by atoms with Crippen molar-refractivity contribution >= 4 is 50.7 Å². The molecule has 0 radical (unpaired) electrons. The van der Waals surface area contributed by atoms with Gasteiger partial charge in [0.15, 0.2) is 5.75 Å². The first-order valence-electron chi connectivity index (χ1n) is 13.7. The van der Waals surface area contributed by atoms with Crippen molar-refractivity contribution in [2.24, 2.45) is 5.92 Å². The maximum absolute atomic E-state index is 13.2. The maximum Gasteiger partial charge on any atom is 0.262 e.